The smallest absolute Gasteiger partial charge is 0.312 e. The molecule has 0 amide bonds. The number of hydrogen-bond donors (Lipinski definition) is 7. The van der Waals surface area contributed by atoms with Crippen molar-refractivity contribution in [3.63, 3.8) is 0 Å². The summed E-state index contributed by atoms with van der Waals surface area (Å²) in [4.78, 5) is 38.8. The summed E-state index contributed by atoms with van der Waals surface area (Å²) < 4.78 is 11.8. The second kappa shape index (κ2) is 29.8. The van der Waals surface area contributed by atoms with Crippen LogP contribution in [0.25, 0.3) is 0 Å². The molecule has 2 bridgehead atoms. The SMILES string of the molecule is CCCCCCCCCCCCCCCC(=O)C[C@H](O)[C@@H](Cl)C[C@@H](C)[C@H](O)[C@H](C)[C@@H](O)/C(C)=C/[C@H](C)C[C@H](O)[C@@H]1O[C@H]2C[C@H]1OC(=O)[C@@H](C)[C@H](O)C(=O)C(C)[C@H](C)/C=C/[C@H](O)[C@@H]2O. The summed E-state index contributed by atoms with van der Waals surface area (Å²) in [7, 11) is 0. The first-order valence-electron chi connectivity index (χ1n) is 24.4. The van der Waals surface area contributed by atoms with Gasteiger partial charge in [0.05, 0.1) is 41.8 Å². The first kappa shape index (κ1) is 57.4. The third-order valence-corrected chi connectivity index (χ3v) is 14.3. The molecule has 0 aromatic heterocycles. The normalized spacial score (nSPS) is 30.7. The van der Waals surface area contributed by atoms with Gasteiger partial charge in [0.1, 0.15) is 36.3 Å². The van der Waals surface area contributed by atoms with Gasteiger partial charge in [0, 0.05) is 31.1 Å². The molecule has 0 aromatic rings. The highest BCUT2D eigenvalue weighted by atomic mass is 35.5. The number of alkyl halides is 1. The zero-order chi connectivity index (χ0) is 47.4. The van der Waals surface area contributed by atoms with E-state index in [1.165, 1.54) is 77.2 Å². The summed E-state index contributed by atoms with van der Waals surface area (Å²) >= 11 is 6.56. The third-order valence-electron chi connectivity index (χ3n) is 13.8. The highest BCUT2D eigenvalue weighted by molar-refractivity contribution is 6.21. The molecule has 0 saturated carbocycles. The number of aliphatic hydroxyl groups excluding tert-OH is 7. The van der Waals surface area contributed by atoms with Crippen LogP contribution in [0.5, 0.6) is 0 Å². The molecule has 13 heteroatoms. The Kier molecular flexibility index (Phi) is 27.2. The van der Waals surface area contributed by atoms with Crippen molar-refractivity contribution >= 4 is 29.1 Å². The van der Waals surface area contributed by atoms with Crippen molar-refractivity contribution in [3.8, 4) is 0 Å². The number of ether oxygens (including phenoxy) is 2. The van der Waals surface area contributed by atoms with Gasteiger partial charge in [-0.2, -0.15) is 0 Å². The van der Waals surface area contributed by atoms with E-state index < -0.39 is 108 Å². The Balaban J connectivity index is 1.88. The van der Waals surface area contributed by atoms with Crippen molar-refractivity contribution in [1.29, 1.82) is 0 Å². The molecular weight excluding hydrogens is 828 g/mol. The monoisotopic (exact) mass is 915 g/mol. The van der Waals surface area contributed by atoms with E-state index in [1.807, 2.05) is 6.92 Å². The first-order valence-corrected chi connectivity index (χ1v) is 24.8. The van der Waals surface area contributed by atoms with Crippen molar-refractivity contribution in [2.24, 2.45) is 35.5 Å². The van der Waals surface area contributed by atoms with Crippen molar-refractivity contribution in [2.45, 2.75) is 237 Å². The number of carbonyl (C=O) groups excluding carboxylic acids is 3. The summed E-state index contributed by atoms with van der Waals surface area (Å²) in [5.74, 6) is -5.11. The van der Waals surface area contributed by atoms with Crippen molar-refractivity contribution < 1.29 is 59.6 Å². The number of esters is 1. The Morgan fingerprint density at radius 1 is 0.810 bits per heavy atom. The van der Waals surface area contributed by atoms with Gasteiger partial charge in [-0.1, -0.05) is 137 Å². The molecule has 7 N–H and O–H groups in total. The van der Waals surface area contributed by atoms with Gasteiger partial charge < -0.3 is 45.2 Å². The fourth-order valence-corrected chi connectivity index (χ4v) is 9.41. The molecular formula is C50H87ClO12. The Morgan fingerprint density at radius 2 is 1.37 bits per heavy atom. The van der Waals surface area contributed by atoms with E-state index in [0.717, 1.165) is 19.3 Å². The van der Waals surface area contributed by atoms with Gasteiger partial charge in [-0.15, -0.1) is 11.6 Å². The van der Waals surface area contributed by atoms with Gasteiger partial charge in [-0.3, -0.25) is 14.4 Å². The van der Waals surface area contributed by atoms with E-state index in [4.69, 9.17) is 21.1 Å². The minimum absolute atomic E-state index is 0.0180. The molecule has 1 saturated heterocycles. The molecule has 0 radical (unpaired) electrons. The first-order chi connectivity index (χ1) is 29.7. The fraction of sp³-hybridized carbons (Fsp3) is 0.860. The zero-order valence-electron chi connectivity index (χ0n) is 39.8. The number of ketones is 2. The number of unbranched alkanes of at least 4 members (excludes halogenated alkanes) is 12. The fourth-order valence-electron chi connectivity index (χ4n) is 9.04. The number of allylic oxidation sites excluding steroid dienone is 2. The lowest BCUT2D eigenvalue weighted by atomic mass is 9.83. The van der Waals surface area contributed by atoms with E-state index in [0.29, 0.717) is 12.0 Å². The molecule has 366 valence electrons. The predicted octanol–water partition coefficient (Wildman–Crippen LogP) is 7.31. The summed E-state index contributed by atoms with van der Waals surface area (Å²) in [5.41, 5.74) is 0.551. The van der Waals surface area contributed by atoms with Gasteiger partial charge in [0.25, 0.3) is 0 Å². The van der Waals surface area contributed by atoms with Gasteiger partial charge >= 0.3 is 5.97 Å². The average Bonchev–Trinajstić information content (AvgIpc) is 3.67. The molecule has 2 rings (SSSR count). The van der Waals surface area contributed by atoms with Crippen LogP contribution in [0.4, 0.5) is 0 Å². The molecule has 63 heavy (non-hydrogen) atoms. The van der Waals surface area contributed by atoms with Gasteiger partial charge in [0.2, 0.25) is 0 Å². The molecule has 2 heterocycles. The lowest BCUT2D eigenvalue weighted by Gasteiger charge is -2.31. The van der Waals surface area contributed by atoms with E-state index in [2.05, 4.69) is 6.92 Å². The Morgan fingerprint density at radius 3 is 1.94 bits per heavy atom. The molecule has 0 spiro atoms. The minimum Gasteiger partial charge on any atom is -0.459 e. The largest absolute Gasteiger partial charge is 0.459 e. The standard InChI is InChI=1S/C50H87ClO12/c1-9-10-11-12-13-14-15-16-17-18-19-20-21-22-37(52)28-40(54)38(51)27-33(5)45(57)35(7)44(56)32(4)25-30(2)26-41(55)49-43-29-42(62-49)48(60)39(53)24-23-31(3)34(6)46(58)47(59)36(8)50(61)63-43/h23-25,30-31,33-36,38-45,47-49,53-57,59-60H,9-22,26-29H2,1-8H3/b24-23+,32-25+/t30-,31+,33+,34?,35+,36-,38-,39-,40-,41-,42-,43+,44-,45-,47-,48-,49-/m0/s1. The quantitative estimate of drug-likeness (QED) is 0.0187. The second-order valence-corrected chi connectivity index (χ2v) is 20.1. The second-order valence-electron chi connectivity index (χ2n) is 19.5. The van der Waals surface area contributed by atoms with Crippen LogP contribution in [0.15, 0.2) is 23.8 Å². The number of aliphatic hydroxyl groups is 7. The zero-order valence-corrected chi connectivity index (χ0v) is 40.6. The van der Waals surface area contributed by atoms with E-state index in [1.54, 1.807) is 46.8 Å². The highest BCUT2D eigenvalue weighted by Gasteiger charge is 2.47. The van der Waals surface area contributed by atoms with Crippen LogP contribution in [-0.2, 0) is 23.9 Å². The van der Waals surface area contributed by atoms with Crippen LogP contribution in [0, 0.1) is 35.5 Å². The molecule has 2 aliphatic heterocycles. The summed E-state index contributed by atoms with van der Waals surface area (Å²) in [6.07, 6.45) is 9.42. The van der Waals surface area contributed by atoms with Crippen LogP contribution in [-0.4, -0.2) is 120 Å². The van der Waals surface area contributed by atoms with Crippen LogP contribution in [0.3, 0.4) is 0 Å². The molecule has 17 atom stereocenters. The summed E-state index contributed by atoms with van der Waals surface area (Å²) in [5, 5.41) is 76.4. The number of fused-ring (bicyclic) bond motifs is 2. The molecule has 1 unspecified atom stereocenters. The minimum atomic E-state index is -1.63. The number of hydrogen-bond acceptors (Lipinski definition) is 12. The molecule has 0 aliphatic carbocycles. The average molecular weight is 916 g/mol. The van der Waals surface area contributed by atoms with Crippen LogP contribution in [0.2, 0.25) is 0 Å². The number of carbonyl (C=O) groups is 3. The molecule has 2 aliphatic rings. The highest BCUT2D eigenvalue weighted by Crippen LogP contribution is 2.34. The lowest BCUT2D eigenvalue weighted by molar-refractivity contribution is -0.167. The van der Waals surface area contributed by atoms with E-state index in [9.17, 15) is 50.1 Å². The number of halogens is 1. The third kappa shape index (κ3) is 19.6. The van der Waals surface area contributed by atoms with Crippen molar-refractivity contribution in [1.82, 2.24) is 0 Å². The predicted molar refractivity (Wildman–Crippen MR) is 247 cm³/mol. The van der Waals surface area contributed by atoms with E-state index >= 15 is 0 Å². The Bertz CT molecular complexity index is 1390. The van der Waals surface area contributed by atoms with Crippen LogP contribution < -0.4 is 0 Å². The maximum absolute atomic E-state index is 13.2. The Hall–Kier alpha value is -1.74. The lowest BCUT2D eigenvalue weighted by Crippen LogP contribution is -2.42. The molecule has 12 nitrogen and oxygen atoms in total. The van der Waals surface area contributed by atoms with Crippen LogP contribution in [0.1, 0.15) is 171 Å². The van der Waals surface area contributed by atoms with Gasteiger partial charge in [-0.25, -0.2) is 0 Å². The van der Waals surface area contributed by atoms with Crippen molar-refractivity contribution in [2.75, 3.05) is 0 Å². The molecule has 1 fully saturated rings. The maximum atomic E-state index is 13.2. The van der Waals surface area contributed by atoms with E-state index in [-0.39, 0.29) is 37.4 Å². The molecule has 0 aromatic carbocycles. The number of rotatable bonds is 27. The Labute approximate surface area is 384 Å². The summed E-state index contributed by atoms with van der Waals surface area (Å²) in [6.45, 7) is 14.0. The number of Topliss-reactive ketones (excluding diaryl/α,β-unsaturated/α-hetero) is 2. The van der Waals surface area contributed by atoms with Crippen molar-refractivity contribution in [3.05, 3.63) is 23.8 Å². The summed E-state index contributed by atoms with van der Waals surface area (Å²) in [6, 6.07) is 0. The van der Waals surface area contributed by atoms with Gasteiger partial charge in [-0.05, 0) is 56.4 Å². The topological polar surface area (TPSA) is 211 Å². The van der Waals surface area contributed by atoms with Gasteiger partial charge in [0.15, 0.2) is 5.78 Å². The maximum Gasteiger partial charge on any atom is 0.312 e. The van der Waals surface area contributed by atoms with Crippen LogP contribution >= 0.6 is 11.6 Å².